The molecule has 0 atom stereocenters. The van der Waals surface area contributed by atoms with Gasteiger partial charge in [0, 0.05) is 119 Å². The van der Waals surface area contributed by atoms with E-state index in [0.29, 0.717) is 44.3 Å². The maximum Gasteiger partial charge on any atom is 0.163 e. The van der Waals surface area contributed by atoms with Gasteiger partial charge in [0.2, 0.25) is 0 Å². The molecule has 0 N–H and O–H groups in total. The molecule has 9 aromatic heterocycles. The van der Waals surface area contributed by atoms with Crippen molar-refractivity contribution >= 4 is 240 Å². The molecular weight excluding hydrogens is 931 g/mol. The second kappa shape index (κ2) is 12.6. The first-order valence-corrected chi connectivity index (χ1v) is 25.3. The van der Waals surface area contributed by atoms with E-state index in [4.69, 9.17) is 62.8 Å². The van der Waals surface area contributed by atoms with Crippen molar-refractivity contribution in [3.8, 4) is 0 Å². The van der Waals surface area contributed by atoms with Crippen LogP contribution in [-0.2, 0) is 0 Å². The van der Waals surface area contributed by atoms with Crippen LogP contribution in [0.5, 0.6) is 0 Å². The van der Waals surface area contributed by atoms with Crippen molar-refractivity contribution in [3.05, 3.63) is 105 Å². The topological polar surface area (TPSA) is 116 Å². The second-order valence-electron chi connectivity index (χ2n) is 21.7. The van der Waals surface area contributed by atoms with Gasteiger partial charge >= 0.3 is 0 Å². The highest BCUT2D eigenvalue weighted by Gasteiger charge is 2.36. The third kappa shape index (κ3) is 4.24. The first kappa shape index (κ1) is 41.7. The van der Waals surface area contributed by atoms with Crippen molar-refractivity contribution in [2.75, 3.05) is 0 Å². The van der Waals surface area contributed by atoms with E-state index >= 15 is 0 Å². The van der Waals surface area contributed by atoms with Crippen LogP contribution in [0, 0.1) is 41.5 Å². The Hall–Kier alpha value is -9.73. The van der Waals surface area contributed by atoms with Crippen LogP contribution in [0.4, 0.5) is 0 Å². The van der Waals surface area contributed by atoms with Crippen LogP contribution in [0.15, 0.2) is 18.2 Å². The largest absolute Gasteiger partial charge is 0.233 e. The van der Waals surface area contributed by atoms with Gasteiger partial charge in [-0.25, -0.2) is 44.9 Å². The molecule has 9 heterocycles. The number of aromatic nitrogens is 9. The molecule has 18 rings (SSSR count). The summed E-state index contributed by atoms with van der Waals surface area (Å²) < 4.78 is 0. The van der Waals surface area contributed by atoms with E-state index in [0.717, 1.165) is 183 Å². The van der Waals surface area contributed by atoms with Gasteiger partial charge < -0.3 is 0 Å². The highest BCUT2D eigenvalue weighted by molar-refractivity contribution is 6.62. The van der Waals surface area contributed by atoms with E-state index in [1.165, 1.54) is 32.5 Å². The van der Waals surface area contributed by atoms with Crippen LogP contribution in [0.1, 0.15) is 33.8 Å². The van der Waals surface area contributed by atoms with E-state index in [1.54, 1.807) is 0 Å². The number of hydrogen-bond donors (Lipinski definition) is 0. The number of benzene rings is 9. The standard InChI is InChI=1S/C52H28N6.C15H13N3/c1-13-15(3)27-28-16(4)14(2)26-24(12)56-52-48-34(26)36(28)40-39-35(27)33-25(13)23(11)55-51-47(33)43-41(39)37-29(31-19(7)21(9)53-49(57-51)45(31)43)17(5)18(6)30-32-20(8)22(10)54-50(58-52)46(32)44(48)42(40)38(30)37;1-8-5-12-7-13-6-9(2)11(4)17-15(13)18-14(12)16-10(8)3/h1-3,5,7-9,12H2,4,6,10-11H3;5-7H,1,3H2,2,4H3. The molecular formula is C67H41N9. The zero-order valence-electron chi connectivity index (χ0n) is 42.8. The van der Waals surface area contributed by atoms with E-state index in [-0.39, 0.29) is 0 Å². The Morgan fingerprint density at radius 3 is 1.22 bits per heavy atom. The van der Waals surface area contributed by atoms with E-state index in [2.05, 4.69) is 87.7 Å². The molecule has 18 aromatic rings. The van der Waals surface area contributed by atoms with Gasteiger partial charge in [-0.1, -0.05) is 65.8 Å². The van der Waals surface area contributed by atoms with Crippen LogP contribution in [0.3, 0.4) is 0 Å². The lowest BCUT2D eigenvalue weighted by molar-refractivity contribution is 1.16. The number of rotatable bonds is 0. The summed E-state index contributed by atoms with van der Waals surface area (Å²) in [6, 6.07) is 6.12. The van der Waals surface area contributed by atoms with E-state index in [1.807, 2.05) is 19.9 Å². The summed E-state index contributed by atoms with van der Waals surface area (Å²) in [5.74, 6) is 0. The van der Waals surface area contributed by atoms with Gasteiger partial charge in [0.1, 0.15) is 0 Å². The van der Waals surface area contributed by atoms with E-state index in [9.17, 15) is 0 Å². The molecule has 0 fully saturated rings. The molecule has 0 aliphatic heterocycles. The number of nitrogens with zero attached hydrogens (tertiary/aromatic N) is 9. The quantitative estimate of drug-likeness (QED) is 0.111. The van der Waals surface area contributed by atoms with Crippen molar-refractivity contribution in [2.45, 2.75) is 41.5 Å². The van der Waals surface area contributed by atoms with Gasteiger partial charge in [0.15, 0.2) is 33.9 Å². The third-order valence-corrected chi connectivity index (χ3v) is 18.1. The summed E-state index contributed by atoms with van der Waals surface area (Å²) in [7, 11) is 0. The molecule has 0 saturated carbocycles. The van der Waals surface area contributed by atoms with Crippen LogP contribution in [0.25, 0.3) is 240 Å². The summed E-state index contributed by atoms with van der Waals surface area (Å²) in [6.45, 7) is 58.0. The lowest BCUT2D eigenvalue weighted by atomic mass is 9.72. The van der Waals surface area contributed by atoms with Crippen LogP contribution < -0.4 is 52.6 Å². The Morgan fingerprint density at radius 2 is 0.605 bits per heavy atom. The van der Waals surface area contributed by atoms with Gasteiger partial charge in [0.05, 0.1) is 16.0 Å². The SMILES string of the molecule is C=c1cc2cc3cc(C)c(C)nc3nc2nc1=C.C=c1nc2nc3nc(C)c4c(=C)c(=C)c5c6c(C)c(=C)c7c(=C)nc8nc9nc(C)c(=C)c%10c%11c(C)c(=C)c%12c(c1=C)c2c1c3c4c5c2c3c6c7c8c(c9%10)c3c%11c%12c12. The minimum Gasteiger partial charge on any atom is -0.233 e. The molecule has 354 valence electrons. The Labute approximate surface area is 428 Å². The molecule has 9 nitrogen and oxygen atoms in total. The fourth-order valence-electron chi connectivity index (χ4n) is 14.5. The van der Waals surface area contributed by atoms with Crippen LogP contribution in [0.2, 0.25) is 0 Å². The maximum absolute atomic E-state index is 5.30. The molecule has 0 spiro atoms. The zero-order valence-corrected chi connectivity index (χ0v) is 42.8. The summed E-state index contributed by atoms with van der Waals surface area (Å²) in [6.07, 6.45) is 0. The van der Waals surface area contributed by atoms with Crippen molar-refractivity contribution < 1.29 is 0 Å². The predicted molar refractivity (Wildman–Crippen MR) is 323 cm³/mol. The summed E-state index contributed by atoms with van der Waals surface area (Å²) in [4.78, 5) is 44.6. The van der Waals surface area contributed by atoms with Gasteiger partial charge in [-0.15, -0.1) is 0 Å². The first-order chi connectivity index (χ1) is 36.4. The molecule has 0 aliphatic rings. The van der Waals surface area contributed by atoms with E-state index < -0.39 is 0 Å². The number of pyridine rings is 9. The van der Waals surface area contributed by atoms with Gasteiger partial charge in [0.25, 0.3) is 0 Å². The molecule has 0 saturated heterocycles. The lowest BCUT2D eigenvalue weighted by Crippen LogP contribution is -2.29. The van der Waals surface area contributed by atoms with Gasteiger partial charge in [-0.05, 0) is 151 Å². The fraction of sp³-hybridized carbons (Fsp3) is 0.0896. The number of hydrogen-bond acceptors (Lipinski definition) is 9. The highest BCUT2D eigenvalue weighted by Crippen LogP contribution is 2.59. The Kier molecular flexibility index (Phi) is 6.92. The average molecular weight is 972 g/mol. The molecule has 0 radical (unpaired) electrons. The summed E-state index contributed by atoms with van der Waals surface area (Å²) >= 11 is 0. The van der Waals surface area contributed by atoms with Crippen molar-refractivity contribution in [1.82, 2.24) is 44.9 Å². The normalized spacial score (nSPS) is 13.1. The molecule has 9 heteroatoms. The zero-order chi connectivity index (χ0) is 52.2. The molecule has 9 aromatic carbocycles. The average Bonchev–Trinajstić information content (AvgIpc) is 1.91. The second-order valence-corrected chi connectivity index (χ2v) is 21.7. The monoisotopic (exact) mass is 971 g/mol. The minimum atomic E-state index is 0.591. The Bertz CT molecular complexity index is 6400. The van der Waals surface area contributed by atoms with Gasteiger partial charge in [-0.3, -0.25) is 0 Å². The lowest BCUT2D eigenvalue weighted by Gasteiger charge is -2.31. The van der Waals surface area contributed by atoms with Crippen molar-refractivity contribution in [3.63, 3.8) is 0 Å². The van der Waals surface area contributed by atoms with Crippen LogP contribution >= 0.6 is 0 Å². The molecule has 0 unspecified atom stereocenters. The molecule has 0 bridgehead atoms. The molecule has 0 aliphatic carbocycles. The Morgan fingerprint density at radius 1 is 0.237 bits per heavy atom. The smallest absolute Gasteiger partial charge is 0.163 e. The van der Waals surface area contributed by atoms with Crippen molar-refractivity contribution in [1.29, 1.82) is 0 Å². The Balaban J connectivity index is 0.000000222. The maximum atomic E-state index is 5.30. The van der Waals surface area contributed by atoms with Crippen molar-refractivity contribution in [2.24, 2.45) is 0 Å². The summed E-state index contributed by atoms with van der Waals surface area (Å²) in [5.41, 5.74) is 10.0. The minimum absolute atomic E-state index is 0.591. The molecule has 0 amide bonds. The number of aryl methyl sites for hydroxylation is 6. The summed E-state index contributed by atoms with van der Waals surface area (Å²) in [5, 5.41) is 36.3. The first-order valence-electron chi connectivity index (χ1n) is 25.3. The van der Waals surface area contributed by atoms with Gasteiger partial charge in [-0.2, -0.15) is 0 Å². The van der Waals surface area contributed by atoms with Crippen LogP contribution in [-0.4, -0.2) is 44.9 Å². The number of fused-ring (bicyclic) bond motifs is 5. The molecule has 76 heavy (non-hydrogen) atoms. The fourth-order valence-corrected chi connectivity index (χ4v) is 14.5. The highest BCUT2D eigenvalue weighted by atomic mass is 14.9. The predicted octanol–water partition coefficient (Wildman–Crippen LogP) is 7.84. The third-order valence-electron chi connectivity index (χ3n) is 18.1.